The monoisotopic (exact) mass is 359 g/mol. The number of pyridine rings is 1. The fourth-order valence-corrected chi connectivity index (χ4v) is 2.11. The Labute approximate surface area is 141 Å². The van der Waals surface area contributed by atoms with Crippen molar-refractivity contribution >= 4 is 23.6 Å². The van der Waals surface area contributed by atoms with Crippen LogP contribution in [0.5, 0.6) is 11.5 Å². The van der Waals surface area contributed by atoms with E-state index in [0.29, 0.717) is 22.1 Å². The van der Waals surface area contributed by atoms with Crippen LogP contribution in [0.2, 0.25) is 5.02 Å². The van der Waals surface area contributed by atoms with Gasteiger partial charge in [0, 0.05) is 6.20 Å². The number of methoxy groups -OCH3 is 2. The molecule has 1 aromatic carbocycles. The molecule has 0 spiro atoms. The zero-order valence-corrected chi connectivity index (χ0v) is 13.4. The van der Waals surface area contributed by atoms with Gasteiger partial charge in [0.2, 0.25) is 0 Å². The van der Waals surface area contributed by atoms with Crippen molar-refractivity contribution in [3.8, 4) is 11.5 Å². The minimum absolute atomic E-state index is 0.172. The molecule has 2 rings (SSSR count). The zero-order valence-electron chi connectivity index (χ0n) is 12.7. The van der Waals surface area contributed by atoms with E-state index in [0.717, 1.165) is 12.3 Å². The van der Waals surface area contributed by atoms with E-state index in [1.165, 1.54) is 26.5 Å². The molecular weight excluding hydrogens is 347 g/mol. The van der Waals surface area contributed by atoms with Crippen molar-refractivity contribution in [1.29, 1.82) is 0 Å². The highest BCUT2D eigenvalue weighted by molar-refractivity contribution is 6.32. The van der Waals surface area contributed by atoms with Crippen LogP contribution in [0, 0.1) is 0 Å². The Morgan fingerprint density at radius 2 is 1.96 bits per heavy atom. The van der Waals surface area contributed by atoms with E-state index >= 15 is 0 Å². The standard InChI is InChI=1S/C15H13ClF3N3O2/c1-23-12-6-9(5-11(16)14(12)24-2)7-21-22-13-4-3-10(8-20-13)15(17,18)19/h3-8H,1-2H3,(H,20,22)/b21-7+. The van der Waals surface area contributed by atoms with Crippen LogP contribution in [-0.2, 0) is 6.18 Å². The van der Waals surface area contributed by atoms with Crippen molar-refractivity contribution < 1.29 is 22.6 Å². The average molecular weight is 360 g/mol. The fraction of sp³-hybridized carbons (Fsp3) is 0.200. The molecule has 5 nitrogen and oxygen atoms in total. The molecular formula is C15H13ClF3N3O2. The fourth-order valence-electron chi connectivity index (χ4n) is 1.81. The molecule has 0 unspecified atom stereocenters. The van der Waals surface area contributed by atoms with E-state index in [1.54, 1.807) is 12.1 Å². The number of nitrogens with zero attached hydrogens (tertiary/aromatic N) is 2. The Morgan fingerprint density at radius 3 is 2.50 bits per heavy atom. The van der Waals surface area contributed by atoms with Gasteiger partial charge in [-0.15, -0.1) is 0 Å². The number of nitrogens with one attached hydrogen (secondary N) is 1. The zero-order chi connectivity index (χ0) is 17.7. The number of hydrogen-bond donors (Lipinski definition) is 1. The van der Waals surface area contributed by atoms with Crippen molar-refractivity contribution in [3.63, 3.8) is 0 Å². The normalized spacial score (nSPS) is 11.6. The first-order valence-corrected chi connectivity index (χ1v) is 6.96. The lowest BCUT2D eigenvalue weighted by molar-refractivity contribution is -0.137. The molecule has 1 aromatic heterocycles. The summed E-state index contributed by atoms with van der Waals surface area (Å²) in [5, 5.41) is 4.24. The minimum Gasteiger partial charge on any atom is -0.493 e. The molecule has 0 amide bonds. The number of ether oxygens (including phenoxy) is 2. The van der Waals surface area contributed by atoms with Gasteiger partial charge in [-0.05, 0) is 29.8 Å². The van der Waals surface area contributed by atoms with Gasteiger partial charge in [0.15, 0.2) is 11.5 Å². The highest BCUT2D eigenvalue weighted by atomic mass is 35.5. The summed E-state index contributed by atoms with van der Waals surface area (Å²) in [6.07, 6.45) is -2.27. The maximum Gasteiger partial charge on any atom is 0.417 e. The first-order valence-electron chi connectivity index (χ1n) is 6.59. The summed E-state index contributed by atoms with van der Waals surface area (Å²) in [4.78, 5) is 3.64. The van der Waals surface area contributed by atoms with Gasteiger partial charge < -0.3 is 9.47 Å². The molecule has 0 aliphatic carbocycles. The second-order valence-electron chi connectivity index (χ2n) is 4.54. The summed E-state index contributed by atoms with van der Waals surface area (Å²) in [5.74, 6) is 0.999. The van der Waals surface area contributed by atoms with E-state index in [-0.39, 0.29) is 5.82 Å². The molecule has 2 aromatic rings. The number of benzene rings is 1. The van der Waals surface area contributed by atoms with Crippen LogP contribution in [-0.4, -0.2) is 25.4 Å². The summed E-state index contributed by atoms with van der Waals surface area (Å²) in [6, 6.07) is 5.35. The van der Waals surface area contributed by atoms with Crippen molar-refractivity contribution in [3.05, 3.63) is 46.6 Å². The van der Waals surface area contributed by atoms with Crippen molar-refractivity contribution in [2.45, 2.75) is 6.18 Å². The third-order valence-corrected chi connectivity index (χ3v) is 3.22. The van der Waals surface area contributed by atoms with E-state index in [9.17, 15) is 13.2 Å². The number of anilines is 1. The maximum atomic E-state index is 12.4. The van der Waals surface area contributed by atoms with E-state index in [4.69, 9.17) is 21.1 Å². The molecule has 0 fully saturated rings. The number of aromatic nitrogens is 1. The lowest BCUT2D eigenvalue weighted by Gasteiger charge is -2.10. The summed E-state index contributed by atoms with van der Waals surface area (Å²) in [5.41, 5.74) is 2.31. The number of hydrazone groups is 1. The largest absolute Gasteiger partial charge is 0.493 e. The van der Waals surface area contributed by atoms with E-state index in [1.807, 2.05) is 0 Å². The van der Waals surface area contributed by atoms with E-state index in [2.05, 4.69) is 15.5 Å². The SMILES string of the molecule is COc1cc(/C=N/Nc2ccc(C(F)(F)F)cn2)cc(Cl)c1OC. The molecule has 0 atom stereocenters. The first-order chi connectivity index (χ1) is 11.3. The van der Waals surface area contributed by atoms with Crippen molar-refractivity contribution in [2.24, 2.45) is 5.10 Å². The molecule has 1 heterocycles. The van der Waals surface area contributed by atoms with Gasteiger partial charge in [-0.1, -0.05) is 11.6 Å². The minimum atomic E-state index is -4.43. The average Bonchev–Trinajstić information content (AvgIpc) is 2.54. The number of hydrogen-bond acceptors (Lipinski definition) is 5. The van der Waals surface area contributed by atoms with Gasteiger partial charge in [-0.2, -0.15) is 18.3 Å². The number of rotatable bonds is 5. The Kier molecular flexibility index (Phi) is 5.50. The smallest absolute Gasteiger partial charge is 0.417 e. The quantitative estimate of drug-likeness (QED) is 0.641. The molecule has 0 saturated carbocycles. The lowest BCUT2D eigenvalue weighted by atomic mass is 10.2. The molecule has 0 aliphatic rings. The number of halogens is 4. The predicted octanol–water partition coefficient (Wildman–Crippen LogP) is 4.22. The molecule has 9 heteroatoms. The summed E-state index contributed by atoms with van der Waals surface area (Å²) in [6.45, 7) is 0. The van der Waals surface area contributed by atoms with Gasteiger partial charge in [-0.3, -0.25) is 5.43 Å². The summed E-state index contributed by atoms with van der Waals surface area (Å²) < 4.78 is 47.6. The van der Waals surface area contributed by atoms with Crippen LogP contribution in [0.1, 0.15) is 11.1 Å². The second kappa shape index (κ2) is 7.39. The second-order valence-corrected chi connectivity index (χ2v) is 4.95. The Morgan fingerprint density at radius 1 is 1.21 bits per heavy atom. The topological polar surface area (TPSA) is 55.7 Å². The van der Waals surface area contributed by atoms with Crippen LogP contribution < -0.4 is 14.9 Å². The van der Waals surface area contributed by atoms with Crippen LogP contribution in [0.15, 0.2) is 35.6 Å². The van der Waals surface area contributed by atoms with Crippen molar-refractivity contribution in [1.82, 2.24) is 4.98 Å². The molecule has 1 N–H and O–H groups in total. The molecule has 128 valence electrons. The summed E-state index contributed by atoms with van der Waals surface area (Å²) >= 11 is 6.06. The lowest BCUT2D eigenvalue weighted by Crippen LogP contribution is -2.05. The molecule has 0 saturated heterocycles. The number of alkyl halides is 3. The molecule has 0 bridgehead atoms. The van der Waals surface area contributed by atoms with E-state index < -0.39 is 11.7 Å². The van der Waals surface area contributed by atoms with Crippen LogP contribution in [0.25, 0.3) is 0 Å². The Balaban J connectivity index is 2.10. The van der Waals surface area contributed by atoms with Crippen LogP contribution in [0.3, 0.4) is 0 Å². The predicted molar refractivity (Wildman–Crippen MR) is 85.0 cm³/mol. The van der Waals surface area contributed by atoms with Gasteiger partial charge in [-0.25, -0.2) is 4.98 Å². The van der Waals surface area contributed by atoms with Crippen LogP contribution >= 0.6 is 11.6 Å². The van der Waals surface area contributed by atoms with Crippen LogP contribution in [0.4, 0.5) is 19.0 Å². The van der Waals surface area contributed by atoms with Gasteiger partial charge >= 0.3 is 6.18 Å². The molecule has 24 heavy (non-hydrogen) atoms. The highest BCUT2D eigenvalue weighted by Gasteiger charge is 2.30. The summed E-state index contributed by atoms with van der Waals surface area (Å²) in [7, 11) is 2.94. The Hall–Kier alpha value is -2.48. The molecule has 0 radical (unpaired) electrons. The van der Waals surface area contributed by atoms with Gasteiger partial charge in [0.1, 0.15) is 5.82 Å². The highest BCUT2D eigenvalue weighted by Crippen LogP contribution is 2.35. The Bertz CT molecular complexity index is 734. The maximum absolute atomic E-state index is 12.4. The third kappa shape index (κ3) is 4.29. The van der Waals surface area contributed by atoms with Crippen molar-refractivity contribution in [2.75, 3.05) is 19.6 Å². The van der Waals surface area contributed by atoms with Gasteiger partial charge in [0.05, 0.1) is 31.0 Å². The third-order valence-electron chi connectivity index (χ3n) is 2.94. The van der Waals surface area contributed by atoms with Gasteiger partial charge in [0.25, 0.3) is 0 Å². The first kappa shape index (κ1) is 17.9. The molecule has 0 aliphatic heterocycles.